The van der Waals surface area contributed by atoms with Crippen molar-refractivity contribution in [1.29, 1.82) is 0 Å². The normalized spacial score (nSPS) is 35.6. The lowest BCUT2D eigenvalue weighted by Gasteiger charge is -2.40. The second kappa shape index (κ2) is 6.12. The van der Waals surface area contributed by atoms with Crippen LogP contribution in [-0.4, -0.2) is 47.3 Å². The molecule has 0 aromatic carbocycles. The second-order valence-electron chi connectivity index (χ2n) is 6.49. The molecule has 2 aliphatic rings. The third-order valence-electron chi connectivity index (χ3n) is 4.83. The van der Waals surface area contributed by atoms with Gasteiger partial charge in [-0.2, -0.15) is 13.2 Å². The minimum Gasteiger partial charge on any atom is -0.379 e. The Bertz CT molecular complexity index is 381. The molecule has 2 rings (SSSR count). The fourth-order valence-electron chi connectivity index (χ4n) is 3.52. The van der Waals surface area contributed by atoms with Crippen LogP contribution >= 0.6 is 0 Å². The number of nitrogens with two attached hydrogens (primary N) is 1. The van der Waals surface area contributed by atoms with E-state index in [0.29, 0.717) is 32.2 Å². The minimum absolute atomic E-state index is 0.183. The number of nitrogens with zero attached hydrogens (tertiary/aromatic N) is 1. The van der Waals surface area contributed by atoms with Crippen LogP contribution in [0.5, 0.6) is 0 Å². The molecule has 0 bridgehead atoms. The predicted octanol–water partition coefficient (Wildman–Crippen LogP) is 1.67. The van der Waals surface area contributed by atoms with Crippen LogP contribution in [0.2, 0.25) is 0 Å². The van der Waals surface area contributed by atoms with E-state index in [0.717, 1.165) is 6.54 Å². The van der Waals surface area contributed by atoms with E-state index in [4.69, 9.17) is 5.73 Å². The smallest absolute Gasteiger partial charge is 0.379 e. The molecule has 122 valence electrons. The fourth-order valence-corrected chi connectivity index (χ4v) is 3.52. The summed E-state index contributed by atoms with van der Waals surface area (Å²) < 4.78 is 37.9. The molecule has 1 heterocycles. The number of hydrogen-bond donors (Lipinski definition) is 2. The van der Waals surface area contributed by atoms with Crippen molar-refractivity contribution in [1.82, 2.24) is 4.90 Å². The number of likely N-dealkylation sites (tertiary alicyclic amines) is 1. The van der Waals surface area contributed by atoms with Crippen molar-refractivity contribution < 1.29 is 23.1 Å². The van der Waals surface area contributed by atoms with Crippen LogP contribution < -0.4 is 5.73 Å². The summed E-state index contributed by atoms with van der Waals surface area (Å²) >= 11 is 0. The van der Waals surface area contributed by atoms with Gasteiger partial charge in [-0.1, -0.05) is 0 Å². The molecule has 1 saturated heterocycles. The summed E-state index contributed by atoms with van der Waals surface area (Å²) in [6, 6.07) is 0. The van der Waals surface area contributed by atoms with E-state index in [1.165, 1.54) is 0 Å². The Kier molecular flexibility index (Phi) is 4.82. The maximum atomic E-state index is 12.6. The van der Waals surface area contributed by atoms with Crippen LogP contribution in [0.1, 0.15) is 38.5 Å². The summed E-state index contributed by atoms with van der Waals surface area (Å²) in [7, 11) is 0. The van der Waals surface area contributed by atoms with E-state index in [1.807, 2.05) is 4.90 Å². The van der Waals surface area contributed by atoms with Gasteiger partial charge in [0, 0.05) is 13.1 Å². The molecule has 0 radical (unpaired) electrons. The number of hydrogen-bond acceptors (Lipinski definition) is 3. The van der Waals surface area contributed by atoms with E-state index in [-0.39, 0.29) is 25.3 Å². The van der Waals surface area contributed by atoms with Gasteiger partial charge in [-0.15, -0.1) is 0 Å². The first-order chi connectivity index (χ1) is 9.71. The number of rotatable bonds is 3. The fraction of sp³-hybridized carbons (Fsp3) is 0.929. The van der Waals surface area contributed by atoms with Crippen molar-refractivity contribution in [2.24, 2.45) is 17.6 Å². The quantitative estimate of drug-likeness (QED) is 0.833. The molecule has 21 heavy (non-hydrogen) atoms. The van der Waals surface area contributed by atoms with E-state index in [9.17, 15) is 23.1 Å². The maximum Gasteiger partial charge on any atom is 0.391 e. The summed E-state index contributed by atoms with van der Waals surface area (Å²) in [5.41, 5.74) is 3.74. The predicted molar refractivity (Wildman–Crippen MR) is 71.3 cm³/mol. The highest BCUT2D eigenvalue weighted by Gasteiger charge is 2.43. The van der Waals surface area contributed by atoms with Crippen molar-refractivity contribution in [3.63, 3.8) is 0 Å². The van der Waals surface area contributed by atoms with Gasteiger partial charge in [-0.05, 0) is 51.0 Å². The number of carbonyl (C=O) groups excluding carboxylic acids is 1. The van der Waals surface area contributed by atoms with Gasteiger partial charge in [0.05, 0.1) is 5.92 Å². The first kappa shape index (κ1) is 16.5. The number of primary amides is 1. The molecule has 1 aliphatic carbocycles. The van der Waals surface area contributed by atoms with Crippen LogP contribution in [0.25, 0.3) is 0 Å². The zero-order chi connectivity index (χ0) is 15.7. The largest absolute Gasteiger partial charge is 0.391 e. The zero-order valence-electron chi connectivity index (χ0n) is 12.0. The molecule has 0 aromatic heterocycles. The van der Waals surface area contributed by atoms with Crippen molar-refractivity contribution >= 4 is 5.91 Å². The summed E-state index contributed by atoms with van der Waals surface area (Å²) in [6.07, 6.45) is -1.57. The number of aliphatic hydroxyl groups is 1. The molecular weight excluding hydrogens is 285 g/mol. The van der Waals surface area contributed by atoms with Gasteiger partial charge >= 0.3 is 6.18 Å². The molecule has 3 N–H and O–H groups in total. The molecule has 1 saturated carbocycles. The first-order valence-electron chi connectivity index (χ1n) is 7.52. The number of piperidine rings is 1. The van der Waals surface area contributed by atoms with Gasteiger partial charge in [0.15, 0.2) is 5.60 Å². The van der Waals surface area contributed by atoms with Crippen molar-refractivity contribution in [2.45, 2.75) is 50.3 Å². The molecule has 2 fully saturated rings. The molecule has 7 heteroatoms. The second-order valence-corrected chi connectivity index (χ2v) is 6.49. The van der Waals surface area contributed by atoms with Gasteiger partial charge in [0.2, 0.25) is 0 Å². The van der Waals surface area contributed by atoms with Crippen LogP contribution in [-0.2, 0) is 4.79 Å². The Morgan fingerprint density at radius 2 is 1.90 bits per heavy atom. The highest BCUT2D eigenvalue weighted by Crippen LogP contribution is 2.39. The third kappa shape index (κ3) is 4.10. The Labute approximate surface area is 122 Å². The van der Waals surface area contributed by atoms with Gasteiger partial charge in [-0.25, -0.2) is 0 Å². The Hall–Kier alpha value is -0.820. The summed E-state index contributed by atoms with van der Waals surface area (Å²) in [6.45, 7) is 1.59. The number of alkyl halides is 3. The van der Waals surface area contributed by atoms with Crippen molar-refractivity contribution in [2.75, 3.05) is 19.6 Å². The van der Waals surface area contributed by atoms with Gasteiger partial charge in [0.25, 0.3) is 5.91 Å². The number of carbonyl (C=O) groups is 1. The van der Waals surface area contributed by atoms with Crippen LogP contribution in [0, 0.1) is 11.8 Å². The first-order valence-corrected chi connectivity index (χ1v) is 7.52. The average molecular weight is 308 g/mol. The van der Waals surface area contributed by atoms with E-state index < -0.39 is 23.6 Å². The van der Waals surface area contributed by atoms with Crippen LogP contribution in [0.3, 0.4) is 0 Å². The Morgan fingerprint density at radius 3 is 2.43 bits per heavy atom. The van der Waals surface area contributed by atoms with Gasteiger partial charge in [0.1, 0.15) is 0 Å². The SMILES string of the molecule is NC(=O)[C@]1(O)CCCN(CC2CCC(C(F)(F)F)CC2)C1. The third-order valence-corrected chi connectivity index (χ3v) is 4.83. The van der Waals surface area contributed by atoms with Crippen LogP contribution in [0.15, 0.2) is 0 Å². The standard InChI is InChI=1S/C14H23F3N2O2/c15-14(16,17)11-4-2-10(3-5-11)8-19-7-1-6-13(21,9-19)12(18)20/h10-11,21H,1-9H2,(H2,18,20)/t10?,11?,13-/m0/s1. The number of halogens is 3. The Balaban J connectivity index is 1.82. The molecule has 0 unspecified atom stereocenters. The summed E-state index contributed by atoms with van der Waals surface area (Å²) in [5.74, 6) is -1.68. The molecular formula is C14H23F3N2O2. The molecule has 1 aliphatic heterocycles. The van der Waals surface area contributed by atoms with E-state index >= 15 is 0 Å². The van der Waals surface area contributed by atoms with E-state index in [1.54, 1.807) is 0 Å². The molecule has 1 amide bonds. The average Bonchev–Trinajstić information content (AvgIpc) is 2.38. The van der Waals surface area contributed by atoms with Crippen molar-refractivity contribution in [3.05, 3.63) is 0 Å². The lowest BCUT2D eigenvalue weighted by molar-refractivity contribution is -0.184. The minimum atomic E-state index is -4.08. The molecule has 0 aromatic rings. The summed E-state index contributed by atoms with van der Waals surface area (Å²) in [5, 5.41) is 10.1. The number of amides is 1. The van der Waals surface area contributed by atoms with Crippen LogP contribution in [0.4, 0.5) is 13.2 Å². The maximum absolute atomic E-state index is 12.6. The zero-order valence-corrected chi connectivity index (χ0v) is 12.0. The topological polar surface area (TPSA) is 66.6 Å². The highest BCUT2D eigenvalue weighted by atomic mass is 19.4. The number of β-amino-alcohol motifs (C(OH)–C–C–N with tert-alkyl or cyclic N) is 1. The van der Waals surface area contributed by atoms with Crippen molar-refractivity contribution in [3.8, 4) is 0 Å². The molecule has 1 atom stereocenters. The monoisotopic (exact) mass is 308 g/mol. The molecule has 4 nitrogen and oxygen atoms in total. The Morgan fingerprint density at radius 1 is 1.29 bits per heavy atom. The van der Waals surface area contributed by atoms with E-state index in [2.05, 4.69) is 0 Å². The summed E-state index contributed by atoms with van der Waals surface area (Å²) in [4.78, 5) is 13.3. The molecule has 0 spiro atoms. The lowest BCUT2D eigenvalue weighted by atomic mass is 9.81. The van der Waals surface area contributed by atoms with Gasteiger partial charge < -0.3 is 10.8 Å². The lowest BCUT2D eigenvalue weighted by Crippen LogP contribution is -2.56. The van der Waals surface area contributed by atoms with Gasteiger partial charge in [-0.3, -0.25) is 9.69 Å². The highest BCUT2D eigenvalue weighted by molar-refractivity contribution is 5.83.